The van der Waals surface area contributed by atoms with Crippen LogP contribution in [-0.4, -0.2) is 61.5 Å². The molecule has 3 aromatic rings. The minimum atomic E-state index is -0.620. The highest BCUT2D eigenvalue weighted by molar-refractivity contribution is 7.98. The minimum absolute atomic E-state index is 0.213. The van der Waals surface area contributed by atoms with E-state index in [9.17, 15) is 9.59 Å². The lowest BCUT2D eigenvalue weighted by molar-refractivity contribution is -0.139. The topological polar surface area (TPSA) is 80.3 Å². The van der Waals surface area contributed by atoms with E-state index in [0.717, 1.165) is 42.5 Å². The van der Waals surface area contributed by atoms with E-state index >= 15 is 0 Å². The highest BCUT2D eigenvalue weighted by Gasteiger charge is 2.33. The number of esters is 1. The zero-order valence-electron chi connectivity index (χ0n) is 21.4. The van der Waals surface area contributed by atoms with Crippen molar-refractivity contribution in [2.75, 3.05) is 51.0 Å². The number of allylic oxidation sites excluding steroid dienone is 1. The van der Waals surface area contributed by atoms with E-state index in [1.165, 1.54) is 11.3 Å². The third-order valence-electron chi connectivity index (χ3n) is 6.65. The van der Waals surface area contributed by atoms with Crippen molar-refractivity contribution in [3.05, 3.63) is 78.7 Å². The van der Waals surface area contributed by atoms with Gasteiger partial charge in [-0.2, -0.15) is 0 Å². The molecule has 0 saturated carbocycles. The Morgan fingerprint density at radius 3 is 2.59 bits per heavy atom. The lowest BCUT2D eigenvalue weighted by atomic mass is 9.96. The first-order valence-corrected chi connectivity index (χ1v) is 14.3. The first kappa shape index (κ1) is 25.6. The maximum atomic E-state index is 13.7. The number of furan rings is 1. The molecule has 1 aromatic carbocycles. The molecule has 1 atom stereocenters. The van der Waals surface area contributed by atoms with E-state index in [4.69, 9.17) is 9.15 Å². The van der Waals surface area contributed by atoms with Crippen molar-refractivity contribution in [2.45, 2.75) is 24.8 Å². The van der Waals surface area contributed by atoms with Crippen LogP contribution in [0.3, 0.4) is 0 Å². The van der Waals surface area contributed by atoms with Crippen LogP contribution < -0.4 is 19.8 Å². The van der Waals surface area contributed by atoms with Crippen LogP contribution in [0.15, 0.2) is 66.8 Å². The summed E-state index contributed by atoms with van der Waals surface area (Å²) in [5.41, 5.74) is 1.56. The van der Waals surface area contributed by atoms with Crippen LogP contribution in [0.1, 0.15) is 31.2 Å². The lowest BCUT2D eigenvalue weighted by Gasteiger charge is -2.32. The van der Waals surface area contributed by atoms with Gasteiger partial charge in [0, 0.05) is 43.2 Å². The van der Waals surface area contributed by atoms with Gasteiger partial charge in [0.2, 0.25) is 0 Å². The number of fused-ring (bicyclic) bond motifs is 1. The fourth-order valence-electron chi connectivity index (χ4n) is 4.64. The number of carbonyl (C=O) groups is 1. The average molecular weight is 539 g/mol. The summed E-state index contributed by atoms with van der Waals surface area (Å²) in [6, 6.07) is 11.1. The number of rotatable bonds is 6. The molecule has 2 aliphatic rings. The van der Waals surface area contributed by atoms with E-state index in [1.54, 1.807) is 36.3 Å². The molecule has 8 nitrogen and oxygen atoms in total. The number of piperazine rings is 1. The Hall–Kier alpha value is -3.08. The highest BCUT2D eigenvalue weighted by Crippen LogP contribution is 2.31. The van der Waals surface area contributed by atoms with Crippen LogP contribution in [0.2, 0.25) is 0 Å². The molecule has 5 rings (SSSR count). The van der Waals surface area contributed by atoms with Gasteiger partial charge in [0.15, 0.2) is 10.7 Å². The summed E-state index contributed by atoms with van der Waals surface area (Å²) < 4.78 is 13.6. The van der Waals surface area contributed by atoms with Crippen molar-refractivity contribution in [3.8, 4) is 0 Å². The van der Waals surface area contributed by atoms with Crippen LogP contribution in [-0.2, 0) is 9.53 Å². The Labute approximate surface area is 223 Å². The second kappa shape index (κ2) is 10.7. The van der Waals surface area contributed by atoms with Crippen molar-refractivity contribution in [1.82, 2.24) is 9.47 Å². The second-order valence-corrected chi connectivity index (χ2v) is 10.9. The van der Waals surface area contributed by atoms with Gasteiger partial charge in [-0.05, 0) is 50.9 Å². The lowest BCUT2D eigenvalue weighted by Crippen LogP contribution is -2.44. The number of benzene rings is 1. The molecule has 0 bridgehead atoms. The van der Waals surface area contributed by atoms with Crippen molar-refractivity contribution >= 4 is 41.0 Å². The van der Waals surface area contributed by atoms with E-state index in [-0.39, 0.29) is 12.2 Å². The summed E-state index contributed by atoms with van der Waals surface area (Å²) in [7, 11) is 2.12. The molecular formula is C27H30N4O4S2. The smallest absolute Gasteiger partial charge is 0.338 e. The highest BCUT2D eigenvalue weighted by atomic mass is 32.2. The monoisotopic (exact) mass is 538 g/mol. The van der Waals surface area contributed by atoms with Gasteiger partial charge in [-0.25, -0.2) is 9.79 Å². The number of likely N-dealkylation sites (N-methyl/N-ethyl adjacent to an activating group) is 1. The van der Waals surface area contributed by atoms with Gasteiger partial charge >= 0.3 is 5.97 Å². The molecule has 37 heavy (non-hydrogen) atoms. The molecule has 0 aliphatic carbocycles. The van der Waals surface area contributed by atoms with E-state index in [0.29, 0.717) is 26.4 Å². The normalized spacial score (nSPS) is 18.6. The van der Waals surface area contributed by atoms with Gasteiger partial charge in [-0.15, -0.1) is 11.8 Å². The number of thioether (sulfide) groups is 1. The quantitative estimate of drug-likeness (QED) is 0.353. The Bertz CT molecular complexity index is 1510. The number of thiazole rings is 1. The predicted octanol–water partition coefficient (Wildman–Crippen LogP) is 2.87. The average Bonchev–Trinajstić information content (AvgIpc) is 3.48. The zero-order valence-corrected chi connectivity index (χ0v) is 23.0. The van der Waals surface area contributed by atoms with Crippen LogP contribution in [0, 0.1) is 0 Å². The van der Waals surface area contributed by atoms with Crippen molar-refractivity contribution < 1.29 is 13.9 Å². The van der Waals surface area contributed by atoms with Gasteiger partial charge in [0.1, 0.15) is 5.76 Å². The van der Waals surface area contributed by atoms with Crippen LogP contribution in [0.25, 0.3) is 6.08 Å². The van der Waals surface area contributed by atoms with Gasteiger partial charge < -0.3 is 19.0 Å². The Balaban J connectivity index is 1.57. The molecule has 0 amide bonds. The molecule has 10 heteroatoms. The second-order valence-electron chi connectivity index (χ2n) is 9.04. The third-order valence-corrected chi connectivity index (χ3v) is 8.38. The van der Waals surface area contributed by atoms with E-state index in [1.807, 2.05) is 42.7 Å². The maximum Gasteiger partial charge on any atom is 0.338 e. The first-order chi connectivity index (χ1) is 17.9. The molecule has 1 unspecified atom stereocenters. The van der Waals surface area contributed by atoms with Crippen molar-refractivity contribution in [3.63, 3.8) is 0 Å². The molecule has 2 aromatic heterocycles. The van der Waals surface area contributed by atoms with Gasteiger partial charge in [0.05, 0.1) is 28.5 Å². The summed E-state index contributed by atoms with van der Waals surface area (Å²) in [6.45, 7) is 7.57. The van der Waals surface area contributed by atoms with Crippen molar-refractivity contribution in [2.24, 2.45) is 4.99 Å². The SMILES string of the molecule is CCOC(=O)C1=C(C)N=c2s/c(=C/c3ccc(N4CCN(C)CC4)o3)c(=O)n2C1c1ccc(SC)cc1. The number of ether oxygens (including phenoxy) is 1. The van der Waals surface area contributed by atoms with Gasteiger partial charge in [-0.3, -0.25) is 9.36 Å². The molecule has 4 heterocycles. The van der Waals surface area contributed by atoms with E-state index in [2.05, 4.69) is 21.8 Å². The van der Waals surface area contributed by atoms with Crippen molar-refractivity contribution in [1.29, 1.82) is 0 Å². The zero-order chi connectivity index (χ0) is 26.1. The Morgan fingerprint density at radius 2 is 1.92 bits per heavy atom. The minimum Gasteiger partial charge on any atom is -0.463 e. The largest absolute Gasteiger partial charge is 0.463 e. The molecule has 0 spiro atoms. The first-order valence-electron chi connectivity index (χ1n) is 12.3. The van der Waals surface area contributed by atoms with Crippen LogP contribution in [0.5, 0.6) is 0 Å². The summed E-state index contributed by atoms with van der Waals surface area (Å²) in [5.74, 6) is 0.959. The van der Waals surface area contributed by atoms with Crippen LogP contribution >= 0.6 is 23.1 Å². The number of hydrogen-bond acceptors (Lipinski definition) is 9. The number of hydrogen-bond donors (Lipinski definition) is 0. The number of anilines is 1. The maximum absolute atomic E-state index is 13.7. The molecule has 0 radical (unpaired) electrons. The Morgan fingerprint density at radius 1 is 1.19 bits per heavy atom. The summed E-state index contributed by atoms with van der Waals surface area (Å²) in [6.07, 6.45) is 3.77. The molecule has 194 valence electrons. The summed E-state index contributed by atoms with van der Waals surface area (Å²) in [5, 5.41) is 0. The fourth-order valence-corrected chi connectivity index (χ4v) is 6.07. The summed E-state index contributed by atoms with van der Waals surface area (Å²) in [4.78, 5) is 37.6. The van der Waals surface area contributed by atoms with E-state index < -0.39 is 12.0 Å². The molecule has 0 N–H and O–H groups in total. The van der Waals surface area contributed by atoms with Gasteiger partial charge in [-0.1, -0.05) is 23.5 Å². The fraction of sp³-hybridized carbons (Fsp3) is 0.370. The van der Waals surface area contributed by atoms with Crippen LogP contribution in [0.4, 0.5) is 5.88 Å². The predicted molar refractivity (Wildman–Crippen MR) is 147 cm³/mol. The number of aromatic nitrogens is 1. The third kappa shape index (κ3) is 5.05. The summed E-state index contributed by atoms with van der Waals surface area (Å²) >= 11 is 2.93. The molecule has 2 aliphatic heterocycles. The molecule has 1 saturated heterocycles. The standard InChI is InChI=1S/C27H30N4O4S2/c1-5-34-26(33)23-17(2)28-27-31(24(23)18-6-9-20(36-4)10-7-18)25(32)21(37-27)16-19-8-11-22(35-19)30-14-12-29(3)13-15-30/h6-11,16,24H,5,12-15H2,1-4H3/b21-16+. The number of nitrogens with zero attached hydrogens (tertiary/aromatic N) is 4. The molecular weight excluding hydrogens is 508 g/mol. The number of carbonyl (C=O) groups excluding carboxylic acids is 1. The molecule has 1 fully saturated rings. The van der Waals surface area contributed by atoms with Gasteiger partial charge in [0.25, 0.3) is 5.56 Å². The Kier molecular flexibility index (Phi) is 7.41.